The summed E-state index contributed by atoms with van der Waals surface area (Å²) in [5.74, 6) is 0. The van der Waals surface area contributed by atoms with E-state index in [1.54, 1.807) is 6.07 Å². The molecule has 0 heterocycles. The molecule has 3 nitrogen and oxygen atoms in total. The molecule has 0 saturated heterocycles. The summed E-state index contributed by atoms with van der Waals surface area (Å²) in [5.41, 5.74) is 3.63. The molecule has 4 heteroatoms. The molecular weight excluding hydrogens is 294 g/mol. The highest BCUT2D eigenvalue weighted by atomic mass is 32.2. The van der Waals surface area contributed by atoms with Gasteiger partial charge in [-0.1, -0.05) is 36.4 Å². The van der Waals surface area contributed by atoms with Crippen LogP contribution in [0.15, 0.2) is 53.4 Å². The van der Waals surface area contributed by atoms with Gasteiger partial charge >= 0.3 is 0 Å². The first-order valence-electron chi connectivity index (χ1n) is 7.80. The van der Waals surface area contributed by atoms with Gasteiger partial charge in [-0.3, -0.25) is 0 Å². The van der Waals surface area contributed by atoms with Crippen LogP contribution in [-0.2, 0) is 29.3 Å². The first-order valence-corrected chi connectivity index (χ1v) is 9.29. The summed E-state index contributed by atoms with van der Waals surface area (Å²) >= 11 is 0. The van der Waals surface area contributed by atoms with Gasteiger partial charge in [0, 0.05) is 6.54 Å². The van der Waals surface area contributed by atoms with Crippen LogP contribution in [0.3, 0.4) is 0 Å². The molecule has 0 spiro atoms. The normalized spacial score (nSPS) is 14.5. The van der Waals surface area contributed by atoms with Crippen LogP contribution in [0.5, 0.6) is 0 Å². The van der Waals surface area contributed by atoms with Gasteiger partial charge in [0.15, 0.2) is 0 Å². The first-order chi connectivity index (χ1) is 10.6. The lowest BCUT2D eigenvalue weighted by Crippen LogP contribution is -2.26. The van der Waals surface area contributed by atoms with E-state index in [1.807, 2.05) is 42.5 Å². The number of hydrogen-bond acceptors (Lipinski definition) is 2. The van der Waals surface area contributed by atoms with Gasteiger partial charge in [0.2, 0.25) is 10.0 Å². The summed E-state index contributed by atoms with van der Waals surface area (Å²) in [7, 11) is -3.41. The van der Waals surface area contributed by atoms with Crippen molar-refractivity contribution in [2.45, 2.75) is 37.0 Å². The Hall–Kier alpha value is -1.65. The molecule has 0 radical (unpaired) electrons. The van der Waals surface area contributed by atoms with Crippen molar-refractivity contribution in [3.05, 3.63) is 65.2 Å². The summed E-state index contributed by atoms with van der Waals surface area (Å²) < 4.78 is 27.5. The third kappa shape index (κ3) is 3.57. The van der Waals surface area contributed by atoms with E-state index < -0.39 is 10.0 Å². The second-order valence-electron chi connectivity index (χ2n) is 5.77. The highest BCUT2D eigenvalue weighted by Gasteiger charge is 2.17. The highest BCUT2D eigenvalue weighted by molar-refractivity contribution is 7.89. The van der Waals surface area contributed by atoms with E-state index in [-0.39, 0.29) is 0 Å². The third-order valence-corrected chi connectivity index (χ3v) is 5.64. The summed E-state index contributed by atoms with van der Waals surface area (Å²) in [6, 6.07) is 15.5. The average Bonchev–Trinajstić information content (AvgIpc) is 2.55. The SMILES string of the molecule is O=S(=O)(NCCc1ccccc1)c1ccc2c(c1)CCCC2. The molecular formula is C18H21NO2S. The first kappa shape index (κ1) is 15.3. The van der Waals surface area contributed by atoms with Crippen molar-refractivity contribution in [3.8, 4) is 0 Å². The number of rotatable bonds is 5. The minimum absolute atomic E-state index is 0.390. The third-order valence-electron chi connectivity index (χ3n) is 4.18. The number of aryl methyl sites for hydroxylation is 2. The summed E-state index contributed by atoms with van der Waals surface area (Å²) in [6.07, 6.45) is 5.11. The number of fused-ring (bicyclic) bond motifs is 1. The van der Waals surface area contributed by atoms with E-state index in [0.717, 1.165) is 24.8 Å². The van der Waals surface area contributed by atoms with Crippen LogP contribution in [0.1, 0.15) is 29.5 Å². The molecule has 0 aliphatic heterocycles. The molecule has 1 aliphatic carbocycles. The van der Waals surface area contributed by atoms with Crippen molar-refractivity contribution in [2.24, 2.45) is 0 Å². The summed E-state index contributed by atoms with van der Waals surface area (Å²) in [6.45, 7) is 0.420. The van der Waals surface area contributed by atoms with Crippen molar-refractivity contribution >= 4 is 10.0 Å². The minimum Gasteiger partial charge on any atom is -0.211 e. The lowest BCUT2D eigenvalue weighted by Gasteiger charge is -2.16. The van der Waals surface area contributed by atoms with Crippen LogP contribution >= 0.6 is 0 Å². The lowest BCUT2D eigenvalue weighted by atomic mass is 9.92. The van der Waals surface area contributed by atoms with Crippen LogP contribution in [0.25, 0.3) is 0 Å². The van der Waals surface area contributed by atoms with Crippen molar-refractivity contribution in [1.82, 2.24) is 4.72 Å². The lowest BCUT2D eigenvalue weighted by molar-refractivity contribution is 0.581. The maximum absolute atomic E-state index is 12.4. The Bertz CT molecular complexity index is 739. The molecule has 0 fully saturated rings. The topological polar surface area (TPSA) is 46.2 Å². The van der Waals surface area contributed by atoms with Gasteiger partial charge in [0.05, 0.1) is 4.90 Å². The fraction of sp³-hybridized carbons (Fsp3) is 0.333. The van der Waals surface area contributed by atoms with Crippen molar-refractivity contribution in [3.63, 3.8) is 0 Å². The smallest absolute Gasteiger partial charge is 0.211 e. The molecule has 0 amide bonds. The second kappa shape index (κ2) is 6.63. The Morgan fingerprint density at radius 1 is 0.909 bits per heavy atom. The van der Waals surface area contributed by atoms with Crippen LogP contribution in [0, 0.1) is 0 Å². The van der Waals surface area contributed by atoms with Gasteiger partial charge in [0.1, 0.15) is 0 Å². The molecule has 116 valence electrons. The van der Waals surface area contributed by atoms with Gasteiger partial charge in [-0.15, -0.1) is 0 Å². The summed E-state index contributed by atoms with van der Waals surface area (Å²) in [4.78, 5) is 0.390. The zero-order chi connectivity index (χ0) is 15.4. The van der Waals surface area contributed by atoms with Gasteiger partial charge in [-0.2, -0.15) is 0 Å². The maximum Gasteiger partial charge on any atom is 0.240 e. The van der Waals surface area contributed by atoms with E-state index >= 15 is 0 Å². The fourth-order valence-electron chi connectivity index (χ4n) is 2.93. The Labute approximate surface area is 132 Å². The second-order valence-corrected chi connectivity index (χ2v) is 7.54. The molecule has 2 aromatic rings. The number of benzene rings is 2. The van der Waals surface area contributed by atoms with Crippen LogP contribution in [0.2, 0.25) is 0 Å². The standard InChI is InChI=1S/C18H21NO2S/c20-22(21,19-13-12-15-6-2-1-3-7-15)18-11-10-16-8-4-5-9-17(16)14-18/h1-3,6-7,10-11,14,19H,4-5,8-9,12-13H2. The molecule has 0 aromatic heterocycles. The zero-order valence-corrected chi connectivity index (χ0v) is 13.4. The van der Waals surface area contributed by atoms with Gasteiger partial charge < -0.3 is 0 Å². The number of sulfonamides is 1. The van der Waals surface area contributed by atoms with E-state index in [4.69, 9.17) is 0 Å². The van der Waals surface area contributed by atoms with E-state index in [1.165, 1.54) is 17.5 Å². The van der Waals surface area contributed by atoms with Crippen molar-refractivity contribution in [2.75, 3.05) is 6.54 Å². The maximum atomic E-state index is 12.4. The van der Waals surface area contributed by atoms with Crippen molar-refractivity contribution in [1.29, 1.82) is 0 Å². The Morgan fingerprint density at radius 3 is 2.41 bits per heavy atom. The van der Waals surface area contributed by atoms with E-state index in [2.05, 4.69) is 4.72 Å². The highest BCUT2D eigenvalue weighted by Crippen LogP contribution is 2.24. The molecule has 1 aliphatic rings. The fourth-order valence-corrected chi connectivity index (χ4v) is 4.02. The average molecular weight is 315 g/mol. The molecule has 22 heavy (non-hydrogen) atoms. The van der Waals surface area contributed by atoms with E-state index in [9.17, 15) is 8.42 Å². The minimum atomic E-state index is -3.41. The number of nitrogens with one attached hydrogen (secondary N) is 1. The van der Waals surface area contributed by atoms with E-state index in [0.29, 0.717) is 17.9 Å². The quantitative estimate of drug-likeness (QED) is 0.921. The predicted molar refractivity (Wildman–Crippen MR) is 88.4 cm³/mol. The summed E-state index contributed by atoms with van der Waals surface area (Å²) in [5, 5.41) is 0. The van der Waals surface area contributed by atoms with Gasteiger partial charge in [-0.05, 0) is 60.9 Å². The van der Waals surface area contributed by atoms with Crippen molar-refractivity contribution < 1.29 is 8.42 Å². The molecule has 3 rings (SSSR count). The number of hydrogen-bond donors (Lipinski definition) is 1. The van der Waals surface area contributed by atoms with Gasteiger partial charge in [0.25, 0.3) is 0 Å². The molecule has 0 atom stereocenters. The van der Waals surface area contributed by atoms with Gasteiger partial charge in [-0.25, -0.2) is 13.1 Å². The largest absolute Gasteiger partial charge is 0.240 e. The van der Waals surface area contributed by atoms with Crippen LogP contribution in [-0.4, -0.2) is 15.0 Å². The van der Waals surface area contributed by atoms with Crippen LogP contribution < -0.4 is 4.72 Å². The monoisotopic (exact) mass is 315 g/mol. The molecule has 0 saturated carbocycles. The Kier molecular flexibility index (Phi) is 4.60. The zero-order valence-electron chi connectivity index (χ0n) is 12.6. The predicted octanol–water partition coefficient (Wildman–Crippen LogP) is 3.09. The molecule has 2 aromatic carbocycles. The molecule has 0 unspecified atom stereocenters. The molecule has 1 N–H and O–H groups in total. The van der Waals surface area contributed by atoms with Crippen LogP contribution in [0.4, 0.5) is 0 Å². The molecule has 0 bridgehead atoms. The Balaban J connectivity index is 1.67. The Morgan fingerprint density at radius 2 is 1.64 bits per heavy atom.